The quantitative estimate of drug-likeness (QED) is 0.750. The van der Waals surface area contributed by atoms with Crippen LogP contribution >= 0.6 is 15.9 Å². The average molecular weight is 291 g/mol. The third kappa shape index (κ3) is 3.90. The van der Waals surface area contributed by atoms with Crippen LogP contribution in [0.5, 0.6) is 5.75 Å². The number of hydrogen-bond acceptors (Lipinski definition) is 1. The summed E-state index contributed by atoms with van der Waals surface area (Å²) in [5.41, 5.74) is 2.61. The zero-order chi connectivity index (χ0) is 11.9. The first-order valence-corrected chi connectivity index (χ1v) is 6.82. The number of alkyl halides is 1. The van der Waals surface area contributed by atoms with Crippen LogP contribution in [0.25, 0.3) is 0 Å². The van der Waals surface area contributed by atoms with Crippen LogP contribution in [0, 0.1) is 0 Å². The maximum Gasteiger partial charge on any atom is 0.119 e. The van der Waals surface area contributed by atoms with E-state index in [1.54, 1.807) is 0 Å². The molecule has 0 N–H and O–H groups in total. The number of halogens is 1. The van der Waals surface area contributed by atoms with E-state index in [2.05, 4.69) is 40.2 Å². The van der Waals surface area contributed by atoms with Gasteiger partial charge in [0.15, 0.2) is 0 Å². The normalized spacial score (nSPS) is 10.2. The van der Waals surface area contributed by atoms with Gasteiger partial charge >= 0.3 is 0 Å². The summed E-state index contributed by atoms with van der Waals surface area (Å²) < 4.78 is 5.66. The summed E-state index contributed by atoms with van der Waals surface area (Å²) in [6.45, 7) is 0.720. The molecule has 0 bridgehead atoms. The zero-order valence-corrected chi connectivity index (χ0v) is 11.2. The second-order valence-corrected chi connectivity index (χ2v) is 4.42. The second kappa shape index (κ2) is 6.45. The fraction of sp³-hybridized carbons (Fsp3) is 0.200. The Morgan fingerprint density at radius 1 is 0.824 bits per heavy atom. The van der Waals surface area contributed by atoms with Gasteiger partial charge < -0.3 is 4.74 Å². The van der Waals surface area contributed by atoms with Gasteiger partial charge in [-0.2, -0.15) is 0 Å². The van der Waals surface area contributed by atoms with Crippen LogP contribution in [0.2, 0.25) is 0 Å². The first-order chi connectivity index (χ1) is 8.38. The van der Waals surface area contributed by atoms with Gasteiger partial charge in [-0.15, -0.1) is 0 Å². The minimum absolute atomic E-state index is 0.720. The Hall–Kier alpha value is -1.28. The lowest BCUT2D eigenvalue weighted by atomic mass is 10.1. The first kappa shape index (κ1) is 12.2. The van der Waals surface area contributed by atoms with E-state index < -0.39 is 0 Å². The SMILES string of the molecule is BrCc1ccc(CCOc2ccccc2)cc1. The van der Waals surface area contributed by atoms with E-state index in [1.807, 2.05) is 30.3 Å². The van der Waals surface area contributed by atoms with Crippen molar-refractivity contribution in [3.8, 4) is 5.75 Å². The monoisotopic (exact) mass is 290 g/mol. The van der Waals surface area contributed by atoms with Crippen LogP contribution < -0.4 is 4.74 Å². The van der Waals surface area contributed by atoms with Crippen molar-refractivity contribution in [1.82, 2.24) is 0 Å². The van der Waals surface area contributed by atoms with Crippen molar-refractivity contribution in [2.45, 2.75) is 11.8 Å². The molecular formula is C15H15BrO. The maximum atomic E-state index is 5.66. The molecule has 0 heterocycles. The molecule has 0 saturated carbocycles. The lowest BCUT2D eigenvalue weighted by Gasteiger charge is -2.06. The number of benzene rings is 2. The van der Waals surface area contributed by atoms with Gasteiger partial charge in [-0.1, -0.05) is 58.4 Å². The number of ether oxygens (including phenoxy) is 1. The topological polar surface area (TPSA) is 9.23 Å². The van der Waals surface area contributed by atoms with E-state index in [4.69, 9.17) is 4.74 Å². The molecule has 0 aromatic heterocycles. The summed E-state index contributed by atoms with van der Waals surface area (Å²) in [4.78, 5) is 0. The predicted octanol–water partition coefficient (Wildman–Crippen LogP) is 4.20. The molecule has 0 spiro atoms. The van der Waals surface area contributed by atoms with E-state index in [1.165, 1.54) is 11.1 Å². The highest BCUT2D eigenvalue weighted by Gasteiger charge is 1.95. The molecule has 0 aliphatic rings. The van der Waals surface area contributed by atoms with Gasteiger partial charge in [-0.25, -0.2) is 0 Å². The fourth-order valence-corrected chi connectivity index (χ4v) is 1.97. The van der Waals surface area contributed by atoms with Crippen molar-refractivity contribution in [3.63, 3.8) is 0 Å². The van der Waals surface area contributed by atoms with E-state index >= 15 is 0 Å². The summed E-state index contributed by atoms with van der Waals surface area (Å²) >= 11 is 3.44. The summed E-state index contributed by atoms with van der Waals surface area (Å²) in [6, 6.07) is 18.5. The molecule has 2 aromatic carbocycles. The number of para-hydroxylation sites is 1. The van der Waals surface area contributed by atoms with E-state index in [-0.39, 0.29) is 0 Å². The highest BCUT2D eigenvalue weighted by Crippen LogP contribution is 2.11. The highest BCUT2D eigenvalue weighted by molar-refractivity contribution is 9.08. The van der Waals surface area contributed by atoms with Gasteiger partial charge in [0.1, 0.15) is 5.75 Å². The van der Waals surface area contributed by atoms with Gasteiger partial charge in [0, 0.05) is 11.8 Å². The Balaban J connectivity index is 1.82. The Morgan fingerprint density at radius 2 is 1.47 bits per heavy atom. The second-order valence-electron chi connectivity index (χ2n) is 3.86. The minimum Gasteiger partial charge on any atom is -0.493 e. The van der Waals surface area contributed by atoms with E-state index in [9.17, 15) is 0 Å². The Morgan fingerprint density at radius 3 is 2.12 bits per heavy atom. The molecule has 88 valence electrons. The first-order valence-electron chi connectivity index (χ1n) is 5.70. The lowest BCUT2D eigenvalue weighted by molar-refractivity contribution is 0.322. The zero-order valence-electron chi connectivity index (χ0n) is 9.60. The van der Waals surface area contributed by atoms with Gasteiger partial charge in [0.05, 0.1) is 6.61 Å². The average Bonchev–Trinajstić information content (AvgIpc) is 2.41. The molecule has 17 heavy (non-hydrogen) atoms. The highest BCUT2D eigenvalue weighted by atomic mass is 79.9. The molecule has 0 fully saturated rings. The Kier molecular flexibility index (Phi) is 4.63. The van der Waals surface area contributed by atoms with Crippen LogP contribution in [0.3, 0.4) is 0 Å². The van der Waals surface area contributed by atoms with Crippen molar-refractivity contribution < 1.29 is 4.74 Å². The summed E-state index contributed by atoms with van der Waals surface area (Å²) in [5.74, 6) is 0.935. The molecule has 2 heteroatoms. The number of rotatable bonds is 5. The maximum absolute atomic E-state index is 5.66. The molecule has 0 unspecified atom stereocenters. The van der Waals surface area contributed by atoms with Crippen LogP contribution in [-0.4, -0.2) is 6.61 Å². The smallest absolute Gasteiger partial charge is 0.119 e. The summed E-state index contributed by atoms with van der Waals surface area (Å²) in [5, 5.41) is 0.911. The van der Waals surface area contributed by atoms with E-state index in [0.29, 0.717) is 0 Å². The third-order valence-corrected chi connectivity index (χ3v) is 3.23. The fourth-order valence-electron chi connectivity index (χ4n) is 1.60. The van der Waals surface area contributed by atoms with Crippen LogP contribution in [0.1, 0.15) is 11.1 Å². The standard InChI is InChI=1S/C15H15BrO/c16-12-14-8-6-13(7-9-14)10-11-17-15-4-2-1-3-5-15/h1-9H,10-12H2. The van der Waals surface area contributed by atoms with Crippen molar-refractivity contribution >= 4 is 15.9 Å². The molecule has 0 aliphatic carbocycles. The summed E-state index contributed by atoms with van der Waals surface area (Å²) in [7, 11) is 0. The predicted molar refractivity (Wildman–Crippen MR) is 74.7 cm³/mol. The van der Waals surface area contributed by atoms with Crippen molar-refractivity contribution in [2.75, 3.05) is 6.61 Å². The van der Waals surface area contributed by atoms with Gasteiger partial charge in [-0.3, -0.25) is 0 Å². The molecule has 1 nitrogen and oxygen atoms in total. The molecule has 0 amide bonds. The molecule has 0 radical (unpaired) electrons. The Labute approximate surface area is 111 Å². The lowest BCUT2D eigenvalue weighted by Crippen LogP contribution is -2.01. The molecular weight excluding hydrogens is 276 g/mol. The largest absolute Gasteiger partial charge is 0.493 e. The molecule has 0 atom stereocenters. The number of hydrogen-bond donors (Lipinski definition) is 0. The van der Waals surface area contributed by atoms with E-state index in [0.717, 1.165) is 24.1 Å². The van der Waals surface area contributed by atoms with Crippen molar-refractivity contribution in [1.29, 1.82) is 0 Å². The van der Waals surface area contributed by atoms with Gasteiger partial charge in [0.25, 0.3) is 0 Å². The molecule has 0 aliphatic heterocycles. The minimum atomic E-state index is 0.720. The van der Waals surface area contributed by atoms with Crippen LogP contribution in [0.4, 0.5) is 0 Å². The van der Waals surface area contributed by atoms with Crippen molar-refractivity contribution in [2.24, 2.45) is 0 Å². The third-order valence-electron chi connectivity index (χ3n) is 2.58. The molecule has 0 saturated heterocycles. The van der Waals surface area contributed by atoms with Crippen LogP contribution in [-0.2, 0) is 11.8 Å². The van der Waals surface area contributed by atoms with Crippen molar-refractivity contribution in [3.05, 3.63) is 65.7 Å². The van der Waals surface area contributed by atoms with Gasteiger partial charge in [-0.05, 0) is 23.3 Å². The molecule has 2 rings (SSSR count). The summed E-state index contributed by atoms with van der Waals surface area (Å²) in [6.07, 6.45) is 0.942. The van der Waals surface area contributed by atoms with Gasteiger partial charge in [0.2, 0.25) is 0 Å². The van der Waals surface area contributed by atoms with Crippen LogP contribution in [0.15, 0.2) is 54.6 Å². The molecule has 2 aromatic rings. The Bertz CT molecular complexity index is 436.